The van der Waals surface area contributed by atoms with Gasteiger partial charge in [0.2, 0.25) is 0 Å². The fourth-order valence-electron chi connectivity index (χ4n) is 1.67. The number of carbonyl (C=O) groups is 1. The Kier molecular flexibility index (Phi) is 4.61. The topological polar surface area (TPSA) is 17.1 Å². The molecule has 2 rings (SSSR count). The number of Topliss-reactive ketones (excluding diaryl/α,β-unsaturated/α-hetero) is 1. The largest absolute Gasteiger partial charge is 0.294 e. The van der Waals surface area contributed by atoms with Gasteiger partial charge in [-0.15, -0.1) is 0 Å². The average Bonchev–Trinajstić information content (AvgIpc) is 2.38. The molecule has 0 saturated carbocycles. The normalized spacial score (nSPS) is 10.5. The van der Waals surface area contributed by atoms with E-state index in [1.54, 1.807) is 24.3 Å². The van der Waals surface area contributed by atoms with Crippen LogP contribution in [0.15, 0.2) is 40.9 Å². The minimum absolute atomic E-state index is 0.0709. The van der Waals surface area contributed by atoms with Gasteiger partial charge in [-0.3, -0.25) is 4.79 Å². The molecule has 0 bridgehead atoms. The summed E-state index contributed by atoms with van der Waals surface area (Å²) in [6, 6.07) is 9.43. The van der Waals surface area contributed by atoms with Crippen molar-refractivity contribution < 1.29 is 9.18 Å². The zero-order valence-corrected chi connectivity index (χ0v) is 12.7. The Balaban J connectivity index is 2.31. The van der Waals surface area contributed by atoms with Gasteiger partial charge in [-0.1, -0.05) is 47.5 Å². The molecular formula is C14H8BrCl2FO. The van der Waals surface area contributed by atoms with Crippen LogP contribution < -0.4 is 0 Å². The molecule has 0 fully saturated rings. The number of halogens is 4. The molecule has 0 N–H and O–H groups in total. The maximum atomic E-state index is 13.4. The summed E-state index contributed by atoms with van der Waals surface area (Å²) < 4.78 is 13.5. The third kappa shape index (κ3) is 3.16. The summed E-state index contributed by atoms with van der Waals surface area (Å²) in [7, 11) is 0. The summed E-state index contributed by atoms with van der Waals surface area (Å²) in [5.41, 5.74) is 0.909. The lowest BCUT2D eigenvalue weighted by Crippen LogP contribution is -2.06. The maximum Gasteiger partial charge on any atom is 0.168 e. The van der Waals surface area contributed by atoms with Gasteiger partial charge in [-0.05, 0) is 33.6 Å². The van der Waals surface area contributed by atoms with Crippen molar-refractivity contribution in [3.63, 3.8) is 0 Å². The van der Waals surface area contributed by atoms with E-state index in [9.17, 15) is 9.18 Å². The van der Waals surface area contributed by atoms with Gasteiger partial charge in [0.15, 0.2) is 5.78 Å². The van der Waals surface area contributed by atoms with Crippen molar-refractivity contribution in [2.75, 3.05) is 0 Å². The van der Waals surface area contributed by atoms with E-state index < -0.39 is 5.82 Å². The number of carbonyl (C=O) groups excluding carboxylic acids is 1. The van der Waals surface area contributed by atoms with Crippen LogP contribution in [0.1, 0.15) is 15.9 Å². The first-order valence-corrected chi connectivity index (χ1v) is 6.95. The third-order valence-electron chi connectivity index (χ3n) is 2.63. The van der Waals surface area contributed by atoms with E-state index in [2.05, 4.69) is 15.9 Å². The van der Waals surface area contributed by atoms with Gasteiger partial charge in [-0.2, -0.15) is 0 Å². The van der Waals surface area contributed by atoms with E-state index in [4.69, 9.17) is 23.2 Å². The zero-order valence-electron chi connectivity index (χ0n) is 9.59. The number of hydrogen-bond donors (Lipinski definition) is 0. The molecule has 0 saturated heterocycles. The smallest absolute Gasteiger partial charge is 0.168 e. The van der Waals surface area contributed by atoms with Gasteiger partial charge in [0.05, 0.1) is 14.5 Å². The highest BCUT2D eigenvalue weighted by molar-refractivity contribution is 9.10. The van der Waals surface area contributed by atoms with Gasteiger partial charge in [0, 0.05) is 12.0 Å². The highest BCUT2D eigenvalue weighted by Gasteiger charge is 2.15. The number of ketones is 1. The molecule has 0 amide bonds. The molecule has 0 aliphatic heterocycles. The van der Waals surface area contributed by atoms with Gasteiger partial charge in [-0.25, -0.2) is 4.39 Å². The first-order valence-electron chi connectivity index (χ1n) is 5.41. The van der Waals surface area contributed by atoms with Crippen LogP contribution >= 0.6 is 39.1 Å². The van der Waals surface area contributed by atoms with Gasteiger partial charge < -0.3 is 0 Å². The molecule has 19 heavy (non-hydrogen) atoms. The Morgan fingerprint density at radius 2 is 1.84 bits per heavy atom. The number of hydrogen-bond acceptors (Lipinski definition) is 1. The highest BCUT2D eigenvalue weighted by Crippen LogP contribution is 2.28. The summed E-state index contributed by atoms with van der Waals surface area (Å²) in [5.74, 6) is -0.696. The Morgan fingerprint density at radius 1 is 1.16 bits per heavy atom. The van der Waals surface area contributed by atoms with Crippen LogP contribution in [0.3, 0.4) is 0 Å². The van der Waals surface area contributed by atoms with Gasteiger partial charge >= 0.3 is 0 Å². The average molecular weight is 362 g/mol. The lowest BCUT2D eigenvalue weighted by molar-refractivity contribution is 0.0991. The van der Waals surface area contributed by atoms with Crippen LogP contribution in [-0.4, -0.2) is 5.78 Å². The van der Waals surface area contributed by atoms with Crippen molar-refractivity contribution in [3.8, 4) is 0 Å². The molecule has 0 aliphatic carbocycles. The Labute approximate surface area is 128 Å². The summed E-state index contributed by atoms with van der Waals surface area (Å²) >= 11 is 15.0. The second-order valence-corrected chi connectivity index (χ2v) is 5.49. The minimum atomic E-state index is -0.469. The van der Waals surface area contributed by atoms with Crippen LogP contribution in [-0.2, 0) is 6.42 Å². The standard InChI is InChI=1S/C14H8BrCl2FO/c15-13-9(4-2-6-11(13)18)12(19)7-8-3-1-5-10(16)14(8)17/h1-6H,7H2. The van der Waals surface area contributed by atoms with E-state index in [1.807, 2.05) is 0 Å². The Morgan fingerprint density at radius 3 is 2.58 bits per heavy atom. The number of benzene rings is 2. The molecule has 0 radical (unpaired) electrons. The van der Waals surface area contributed by atoms with E-state index in [0.29, 0.717) is 15.6 Å². The molecule has 98 valence electrons. The molecular weight excluding hydrogens is 354 g/mol. The lowest BCUT2D eigenvalue weighted by atomic mass is 10.0. The first kappa shape index (κ1) is 14.5. The first-order chi connectivity index (χ1) is 9.00. The number of rotatable bonds is 3. The van der Waals surface area contributed by atoms with Gasteiger partial charge in [0.1, 0.15) is 5.82 Å². The predicted molar refractivity (Wildman–Crippen MR) is 78.6 cm³/mol. The predicted octanol–water partition coefficient (Wildman–Crippen LogP) is 5.32. The second kappa shape index (κ2) is 6.04. The maximum absolute atomic E-state index is 13.4. The Bertz CT molecular complexity index is 643. The van der Waals surface area contributed by atoms with Crippen molar-refractivity contribution in [1.82, 2.24) is 0 Å². The molecule has 0 aromatic heterocycles. The van der Waals surface area contributed by atoms with Crippen LogP contribution in [0.2, 0.25) is 10.0 Å². The molecule has 0 atom stereocenters. The fourth-order valence-corrected chi connectivity index (χ4v) is 2.54. The van der Waals surface area contributed by atoms with Crippen molar-refractivity contribution >= 4 is 44.9 Å². The molecule has 0 aliphatic rings. The Hall–Kier alpha value is -0.900. The van der Waals surface area contributed by atoms with Crippen LogP contribution in [0, 0.1) is 5.82 Å². The summed E-state index contributed by atoms with van der Waals surface area (Å²) in [5, 5.41) is 0.746. The van der Waals surface area contributed by atoms with Gasteiger partial charge in [0.25, 0.3) is 0 Å². The van der Waals surface area contributed by atoms with Crippen molar-refractivity contribution in [2.24, 2.45) is 0 Å². The van der Waals surface area contributed by atoms with E-state index in [1.165, 1.54) is 12.1 Å². The quantitative estimate of drug-likeness (QED) is 0.676. The molecule has 2 aromatic rings. The summed E-state index contributed by atoms with van der Waals surface area (Å²) in [6.45, 7) is 0. The molecule has 2 aromatic carbocycles. The molecule has 1 nitrogen and oxygen atoms in total. The van der Waals surface area contributed by atoms with Crippen molar-refractivity contribution in [1.29, 1.82) is 0 Å². The fraction of sp³-hybridized carbons (Fsp3) is 0.0714. The zero-order chi connectivity index (χ0) is 14.0. The van der Waals surface area contributed by atoms with E-state index >= 15 is 0 Å². The third-order valence-corrected chi connectivity index (χ3v) is 4.30. The van der Waals surface area contributed by atoms with Crippen molar-refractivity contribution in [3.05, 3.63) is 67.9 Å². The van der Waals surface area contributed by atoms with Crippen LogP contribution in [0.4, 0.5) is 4.39 Å². The van der Waals surface area contributed by atoms with E-state index in [-0.39, 0.29) is 22.2 Å². The van der Waals surface area contributed by atoms with Crippen LogP contribution in [0.25, 0.3) is 0 Å². The summed E-state index contributed by atoms with van der Waals surface area (Å²) in [6.07, 6.45) is 0.0709. The SMILES string of the molecule is O=C(Cc1cccc(Cl)c1Cl)c1cccc(F)c1Br. The van der Waals surface area contributed by atoms with Crippen molar-refractivity contribution in [2.45, 2.75) is 6.42 Å². The molecule has 5 heteroatoms. The summed E-state index contributed by atoms with van der Waals surface area (Å²) in [4.78, 5) is 12.2. The monoisotopic (exact) mass is 360 g/mol. The molecule has 0 heterocycles. The highest BCUT2D eigenvalue weighted by atomic mass is 79.9. The minimum Gasteiger partial charge on any atom is -0.294 e. The van der Waals surface area contributed by atoms with E-state index in [0.717, 1.165) is 0 Å². The molecule has 0 spiro atoms. The molecule has 0 unspecified atom stereocenters. The van der Waals surface area contributed by atoms with Crippen LogP contribution in [0.5, 0.6) is 0 Å². The lowest BCUT2D eigenvalue weighted by Gasteiger charge is -2.07. The second-order valence-electron chi connectivity index (χ2n) is 3.91.